The Hall–Kier alpha value is 0.0600. The fourth-order valence-electron chi connectivity index (χ4n) is 3.89. The Morgan fingerprint density at radius 1 is 0.720 bits per heavy atom. The molecule has 151 valence electrons. The van der Waals surface area contributed by atoms with Crippen LogP contribution in [0.3, 0.4) is 0 Å². The minimum atomic E-state index is -1.32. The average Bonchev–Trinajstić information content (AvgIpc) is 2.62. The number of rotatable bonds is 18. The summed E-state index contributed by atoms with van der Waals surface area (Å²) in [5.41, 5.74) is 0. The lowest BCUT2D eigenvalue weighted by atomic mass is 9.91. The van der Waals surface area contributed by atoms with E-state index in [1.807, 2.05) is 0 Å². The van der Waals surface area contributed by atoms with Gasteiger partial charge in [-0.05, 0) is 25.7 Å². The van der Waals surface area contributed by atoms with Gasteiger partial charge in [0.2, 0.25) is 0 Å². The Labute approximate surface area is 159 Å². The average molecular weight is 374 g/mol. The van der Waals surface area contributed by atoms with Crippen molar-refractivity contribution in [2.24, 2.45) is 0 Å². The molecule has 0 rings (SSSR count). The van der Waals surface area contributed by atoms with Crippen molar-refractivity contribution in [2.75, 3.05) is 6.16 Å². The molecule has 2 atom stereocenters. The van der Waals surface area contributed by atoms with Crippen molar-refractivity contribution in [2.45, 2.75) is 135 Å². The van der Waals surface area contributed by atoms with Gasteiger partial charge in [0.15, 0.2) is 0 Å². The molecule has 0 spiro atoms. The van der Waals surface area contributed by atoms with Gasteiger partial charge in [-0.25, -0.2) is 0 Å². The monoisotopic (exact) mass is 373 g/mol. The van der Waals surface area contributed by atoms with E-state index < -0.39 is 13.9 Å². The Balaban J connectivity index is 4.20. The van der Waals surface area contributed by atoms with Gasteiger partial charge in [-0.2, -0.15) is 0 Å². The molecule has 0 fully saturated rings. The van der Waals surface area contributed by atoms with Crippen LogP contribution in [0.4, 0.5) is 0 Å². The van der Waals surface area contributed by atoms with E-state index in [1.54, 1.807) is 0 Å². The molecule has 0 aliphatic carbocycles. The van der Waals surface area contributed by atoms with E-state index in [0.29, 0.717) is 0 Å². The minimum absolute atomic E-state index is 0.345. The molecule has 0 aliphatic heterocycles. The molecule has 0 bridgehead atoms. The van der Waals surface area contributed by atoms with Gasteiger partial charge in [0.05, 0.1) is 19.1 Å². The molecule has 3 heteroatoms. The van der Waals surface area contributed by atoms with E-state index in [1.165, 1.54) is 64.2 Å². The van der Waals surface area contributed by atoms with Gasteiger partial charge in [0.1, 0.15) is 0 Å². The molecule has 0 aromatic rings. The molecule has 25 heavy (non-hydrogen) atoms. The maximum Gasteiger partial charge on any atom is 0.0807 e. The normalized spacial score (nSPS) is 13.9. The van der Waals surface area contributed by atoms with E-state index in [9.17, 15) is 9.67 Å². The van der Waals surface area contributed by atoms with Gasteiger partial charge in [0.25, 0.3) is 0 Å². The summed E-state index contributed by atoms with van der Waals surface area (Å²) >= 11 is 0. The predicted molar refractivity (Wildman–Crippen MR) is 113 cm³/mol. The van der Waals surface area contributed by atoms with Crippen molar-refractivity contribution >= 4 is 7.80 Å². The summed E-state index contributed by atoms with van der Waals surface area (Å²) in [6.07, 6.45) is 17.9. The van der Waals surface area contributed by atoms with Gasteiger partial charge in [-0.15, -0.1) is 0 Å². The van der Waals surface area contributed by atoms with Crippen molar-refractivity contribution in [1.29, 1.82) is 0 Å². The highest BCUT2D eigenvalue weighted by atomic mass is 31.1. The summed E-state index contributed by atoms with van der Waals surface area (Å²) in [4.78, 5) is 0. The smallest absolute Gasteiger partial charge is 0.0807 e. The van der Waals surface area contributed by atoms with Crippen LogP contribution in [0.2, 0.25) is 0 Å². The Morgan fingerprint density at radius 2 is 1.16 bits per heavy atom. The summed E-state index contributed by atoms with van der Waals surface area (Å²) < 4.78 is 13.0. The third-order valence-corrected chi connectivity index (χ3v) is 8.53. The first-order chi connectivity index (χ1) is 12.1. The van der Waals surface area contributed by atoms with Gasteiger partial charge in [0, 0.05) is 6.16 Å². The summed E-state index contributed by atoms with van der Waals surface area (Å²) in [5, 5.41) is 10.4. The maximum atomic E-state index is 13.0. The van der Waals surface area contributed by atoms with Gasteiger partial charge < -0.3 is 5.11 Å². The van der Waals surface area contributed by atoms with Crippen LogP contribution in [0, 0.1) is 0 Å². The molecular weight excluding hydrogens is 327 g/mol. The molecule has 0 heterocycles. The highest BCUT2D eigenvalue weighted by molar-refractivity contribution is 7.46. The molecule has 1 N–H and O–H groups in total. The molecular formula is C22H46O2P. The number of hydrogen-bond donors (Lipinski definition) is 1. The standard InChI is InChI=1S/C22H46O2P/c1-5-9-11-13-14-15-16-18-20-25(24)22(7-3,8-4)21(23)19-17-12-10-6-2/h21,23H,5-20H2,1-4H3. The molecule has 0 saturated heterocycles. The van der Waals surface area contributed by atoms with Crippen molar-refractivity contribution < 1.29 is 9.67 Å². The fraction of sp³-hybridized carbons (Fsp3) is 1.00. The number of aliphatic hydroxyl groups is 1. The molecule has 2 nitrogen and oxygen atoms in total. The fourth-order valence-corrected chi connectivity index (χ4v) is 6.01. The third-order valence-electron chi connectivity index (χ3n) is 5.89. The topological polar surface area (TPSA) is 37.3 Å². The molecule has 0 aromatic carbocycles. The van der Waals surface area contributed by atoms with Crippen LogP contribution in [0.1, 0.15) is 124 Å². The Bertz CT molecular complexity index is 313. The van der Waals surface area contributed by atoms with E-state index >= 15 is 0 Å². The second kappa shape index (κ2) is 16.2. The summed E-state index contributed by atoms with van der Waals surface area (Å²) in [7, 11) is -1.32. The largest absolute Gasteiger partial charge is 0.392 e. The van der Waals surface area contributed by atoms with Crippen LogP contribution >= 0.6 is 7.80 Å². The molecule has 0 aromatic heterocycles. The quantitative estimate of drug-likeness (QED) is 0.196. The number of aliphatic hydroxyl groups excluding tert-OH is 1. The minimum Gasteiger partial charge on any atom is -0.392 e. The molecule has 0 saturated carbocycles. The lowest BCUT2D eigenvalue weighted by Crippen LogP contribution is -2.38. The highest BCUT2D eigenvalue weighted by Gasteiger charge is 2.40. The second-order valence-corrected chi connectivity index (χ2v) is 9.85. The summed E-state index contributed by atoms with van der Waals surface area (Å²) in [6.45, 7) is 8.68. The van der Waals surface area contributed by atoms with Crippen LogP contribution in [0.25, 0.3) is 0 Å². The van der Waals surface area contributed by atoms with E-state index in [0.717, 1.165) is 38.3 Å². The van der Waals surface area contributed by atoms with Crippen LogP contribution in [-0.2, 0) is 4.57 Å². The zero-order valence-corrected chi connectivity index (χ0v) is 18.6. The highest BCUT2D eigenvalue weighted by Crippen LogP contribution is 2.48. The van der Waals surface area contributed by atoms with Crippen molar-refractivity contribution in [3.05, 3.63) is 0 Å². The Morgan fingerprint density at radius 3 is 1.64 bits per heavy atom. The number of unbranched alkanes of at least 4 members (excludes halogenated alkanes) is 10. The van der Waals surface area contributed by atoms with Crippen LogP contribution in [0.5, 0.6) is 0 Å². The lowest BCUT2D eigenvalue weighted by molar-refractivity contribution is 0.106. The Kier molecular flexibility index (Phi) is 16.3. The molecule has 0 amide bonds. The van der Waals surface area contributed by atoms with Crippen molar-refractivity contribution in [1.82, 2.24) is 0 Å². The van der Waals surface area contributed by atoms with Crippen LogP contribution in [-0.4, -0.2) is 22.5 Å². The van der Waals surface area contributed by atoms with Crippen molar-refractivity contribution in [3.8, 4) is 0 Å². The summed E-state index contributed by atoms with van der Waals surface area (Å²) in [5.74, 6) is 0. The first-order valence-corrected chi connectivity index (χ1v) is 12.7. The van der Waals surface area contributed by atoms with Crippen LogP contribution in [0.15, 0.2) is 0 Å². The first kappa shape index (κ1) is 25.1. The lowest BCUT2D eigenvalue weighted by Gasteiger charge is -2.35. The zero-order chi connectivity index (χ0) is 19.0. The SMILES string of the molecule is CCCCCCCCCC[P](=O)C(CC)(CC)C(O)CCCCCC. The van der Waals surface area contributed by atoms with Crippen molar-refractivity contribution in [3.63, 3.8) is 0 Å². The maximum absolute atomic E-state index is 13.0. The van der Waals surface area contributed by atoms with E-state index in [4.69, 9.17) is 0 Å². The van der Waals surface area contributed by atoms with E-state index in [2.05, 4.69) is 27.7 Å². The third kappa shape index (κ3) is 10.1. The first-order valence-electron chi connectivity index (χ1n) is 11.2. The number of hydrogen-bond acceptors (Lipinski definition) is 2. The zero-order valence-electron chi connectivity index (χ0n) is 17.7. The predicted octanol–water partition coefficient (Wildman–Crippen LogP) is 7.84. The summed E-state index contributed by atoms with van der Waals surface area (Å²) in [6, 6.07) is 0. The van der Waals surface area contributed by atoms with Gasteiger partial charge in [-0.3, -0.25) is 4.57 Å². The van der Waals surface area contributed by atoms with Gasteiger partial charge >= 0.3 is 0 Å². The molecule has 1 radical (unpaired) electrons. The molecule has 2 unspecified atom stereocenters. The van der Waals surface area contributed by atoms with Crippen LogP contribution < -0.4 is 0 Å². The molecule has 0 aliphatic rings. The van der Waals surface area contributed by atoms with Gasteiger partial charge in [-0.1, -0.05) is 98.3 Å². The second-order valence-electron chi connectivity index (χ2n) is 7.75. The van der Waals surface area contributed by atoms with E-state index in [-0.39, 0.29) is 5.16 Å².